The molecule has 5 heteroatoms. The van der Waals surface area contributed by atoms with Gasteiger partial charge in [-0.15, -0.1) is 0 Å². The molecule has 0 bridgehead atoms. The number of amides is 1. The fraction of sp³-hybridized carbons (Fsp3) is 0.500. The second-order valence-electron chi connectivity index (χ2n) is 4.88. The zero-order chi connectivity index (χ0) is 13.8. The molecule has 1 aromatic rings. The minimum absolute atomic E-state index is 0.0295. The van der Waals surface area contributed by atoms with E-state index in [0.29, 0.717) is 17.0 Å². The van der Waals surface area contributed by atoms with Crippen LogP contribution in [0.3, 0.4) is 0 Å². The van der Waals surface area contributed by atoms with E-state index < -0.39 is 0 Å². The molecule has 2 atom stereocenters. The Kier molecular flexibility index (Phi) is 4.93. The van der Waals surface area contributed by atoms with E-state index in [0.717, 1.165) is 18.4 Å². The molecule has 1 aliphatic rings. The van der Waals surface area contributed by atoms with Crippen molar-refractivity contribution in [3.8, 4) is 0 Å². The van der Waals surface area contributed by atoms with Crippen molar-refractivity contribution in [3.05, 3.63) is 34.1 Å². The lowest BCUT2D eigenvalue weighted by Gasteiger charge is -2.36. The van der Waals surface area contributed by atoms with Crippen molar-refractivity contribution in [2.45, 2.75) is 25.3 Å². The topological polar surface area (TPSA) is 38.3 Å². The quantitative estimate of drug-likeness (QED) is 0.901. The molecule has 0 aromatic heterocycles. The number of hydrogen-bond acceptors (Lipinski definition) is 2. The Morgan fingerprint density at radius 1 is 1.53 bits per heavy atom. The molecule has 2 rings (SSSR count). The van der Waals surface area contributed by atoms with E-state index in [2.05, 4.69) is 21.2 Å². The van der Waals surface area contributed by atoms with Crippen LogP contribution in [0.2, 0.25) is 0 Å². The maximum Gasteiger partial charge on any atom is 0.224 e. The molecule has 0 aliphatic heterocycles. The first-order valence-electron chi connectivity index (χ1n) is 6.32. The Morgan fingerprint density at radius 2 is 2.32 bits per heavy atom. The zero-order valence-corrected chi connectivity index (χ0v) is 12.4. The Hall–Kier alpha value is -0.940. The fourth-order valence-electron chi connectivity index (χ4n) is 2.27. The summed E-state index contributed by atoms with van der Waals surface area (Å²) in [6, 6.07) is 4.59. The number of benzene rings is 1. The molecule has 0 saturated heterocycles. The van der Waals surface area contributed by atoms with Gasteiger partial charge in [0.2, 0.25) is 5.91 Å². The van der Waals surface area contributed by atoms with E-state index >= 15 is 0 Å². The predicted molar refractivity (Wildman–Crippen MR) is 74.3 cm³/mol. The van der Waals surface area contributed by atoms with Crippen LogP contribution in [0.5, 0.6) is 0 Å². The summed E-state index contributed by atoms with van der Waals surface area (Å²) in [4.78, 5) is 11.9. The minimum atomic E-state index is -0.310. The molecular weight excluding hydrogens is 313 g/mol. The van der Waals surface area contributed by atoms with Crippen molar-refractivity contribution in [2.24, 2.45) is 5.92 Å². The average Bonchev–Trinajstić information content (AvgIpc) is 2.35. The SMILES string of the molecule is COC[C@H]1CC[C@H]1NC(=O)Cc1ccc(F)cc1Br. The monoisotopic (exact) mass is 329 g/mol. The van der Waals surface area contributed by atoms with Gasteiger partial charge in [0.25, 0.3) is 0 Å². The molecule has 0 spiro atoms. The smallest absolute Gasteiger partial charge is 0.224 e. The highest BCUT2D eigenvalue weighted by atomic mass is 79.9. The fourth-order valence-corrected chi connectivity index (χ4v) is 2.76. The first-order chi connectivity index (χ1) is 9.10. The van der Waals surface area contributed by atoms with Crippen LogP contribution in [0.1, 0.15) is 18.4 Å². The van der Waals surface area contributed by atoms with Gasteiger partial charge in [-0.25, -0.2) is 4.39 Å². The van der Waals surface area contributed by atoms with Crippen LogP contribution in [-0.2, 0) is 16.0 Å². The second kappa shape index (κ2) is 6.48. The molecule has 1 fully saturated rings. The van der Waals surface area contributed by atoms with Gasteiger partial charge >= 0.3 is 0 Å². The highest BCUT2D eigenvalue weighted by Crippen LogP contribution is 2.27. The number of nitrogens with one attached hydrogen (secondary N) is 1. The number of ether oxygens (including phenoxy) is 1. The third-order valence-electron chi connectivity index (χ3n) is 3.51. The molecule has 1 N–H and O–H groups in total. The number of methoxy groups -OCH3 is 1. The summed E-state index contributed by atoms with van der Waals surface area (Å²) in [7, 11) is 1.67. The molecule has 1 aromatic carbocycles. The number of carbonyl (C=O) groups is 1. The van der Waals surface area contributed by atoms with Crippen LogP contribution < -0.4 is 5.32 Å². The Morgan fingerprint density at radius 3 is 2.89 bits per heavy atom. The Bertz CT molecular complexity index is 467. The van der Waals surface area contributed by atoms with E-state index in [9.17, 15) is 9.18 Å². The summed E-state index contributed by atoms with van der Waals surface area (Å²) in [5.74, 6) is 0.0823. The van der Waals surface area contributed by atoms with Gasteiger partial charge in [0.1, 0.15) is 5.82 Å². The highest BCUT2D eigenvalue weighted by Gasteiger charge is 2.31. The van der Waals surface area contributed by atoms with E-state index in [4.69, 9.17) is 4.74 Å². The summed E-state index contributed by atoms with van der Waals surface area (Å²) >= 11 is 3.27. The summed E-state index contributed by atoms with van der Waals surface area (Å²) in [5.41, 5.74) is 0.793. The van der Waals surface area contributed by atoms with Crippen LogP contribution in [0.4, 0.5) is 4.39 Å². The largest absolute Gasteiger partial charge is 0.384 e. The van der Waals surface area contributed by atoms with Crippen molar-refractivity contribution in [1.82, 2.24) is 5.32 Å². The molecule has 3 nitrogen and oxygen atoms in total. The van der Waals surface area contributed by atoms with Crippen LogP contribution in [0.15, 0.2) is 22.7 Å². The van der Waals surface area contributed by atoms with Crippen LogP contribution >= 0.6 is 15.9 Å². The summed E-state index contributed by atoms with van der Waals surface area (Å²) in [6.07, 6.45) is 2.36. The van der Waals surface area contributed by atoms with Crippen LogP contribution in [0.25, 0.3) is 0 Å². The Labute approximate surface area is 120 Å². The lowest BCUT2D eigenvalue weighted by atomic mass is 9.80. The van der Waals surface area contributed by atoms with E-state index in [1.54, 1.807) is 13.2 Å². The maximum atomic E-state index is 13.0. The van der Waals surface area contributed by atoms with Gasteiger partial charge in [-0.2, -0.15) is 0 Å². The molecule has 0 unspecified atom stereocenters. The maximum absolute atomic E-state index is 13.0. The third kappa shape index (κ3) is 3.76. The first-order valence-corrected chi connectivity index (χ1v) is 7.11. The number of halogens is 2. The van der Waals surface area contributed by atoms with Gasteiger partial charge < -0.3 is 10.1 Å². The minimum Gasteiger partial charge on any atom is -0.384 e. The number of carbonyl (C=O) groups excluding carboxylic acids is 1. The zero-order valence-electron chi connectivity index (χ0n) is 10.8. The third-order valence-corrected chi connectivity index (χ3v) is 4.25. The van der Waals surface area contributed by atoms with Gasteiger partial charge in [0.05, 0.1) is 13.0 Å². The molecule has 104 valence electrons. The summed E-state index contributed by atoms with van der Waals surface area (Å²) < 4.78 is 18.7. The lowest BCUT2D eigenvalue weighted by molar-refractivity contribution is -0.122. The number of hydrogen-bond donors (Lipinski definition) is 1. The van der Waals surface area contributed by atoms with Gasteiger partial charge in [-0.05, 0) is 30.5 Å². The van der Waals surface area contributed by atoms with Gasteiger partial charge in [0.15, 0.2) is 0 Å². The normalized spacial score (nSPS) is 21.8. The van der Waals surface area contributed by atoms with E-state index in [-0.39, 0.29) is 24.2 Å². The molecular formula is C14H17BrFNO2. The average molecular weight is 330 g/mol. The molecule has 0 radical (unpaired) electrons. The molecule has 0 heterocycles. The van der Waals surface area contributed by atoms with Gasteiger partial charge in [0, 0.05) is 23.5 Å². The standard InChI is InChI=1S/C14H17BrFNO2/c1-19-8-10-3-5-13(10)17-14(18)6-9-2-4-11(16)7-12(9)15/h2,4,7,10,13H,3,5-6,8H2,1H3,(H,17,18)/t10-,13-/m1/s1. The molecule has 19 heavy (non-hydrogen) atoms. The Balaban J connectivity index is 1.87. The highest BCUT2D eigenvalue weighted by molar-refractivity contribution is 9.10. The summed E-state index contributed by atoms with van der Waals surface area (Å²) in [5, 5.41) is 3.01. The molecule has 1 saturated carbocycles. The molecule has 1 aliphatic carbocycles. The van der Waals surface area contributed by atoms with Crippen molar-refractivity contribution in [1.29, 1.82) is 0 Å². The predicted octanol–water partition coefficient (Wildman–Crippen LogP) is 2.67. The lowest BCUT2D eigenvalue weighted by Crippen LogP contribution is -2.48. The van der Waals surface area contributed by atoms with E-state index in [1.807, 2.05) is 0 Å². The summed E-state index contributed by atoms with van der Waals surface area (Å²) in [6.45, 7) is 0.686. The van der Waals surface area contributed by atoms with E-state index in [1.165, 1.54) is 12.1 Å². The van der Waals surface area contributed by atoms with Crippen molar-refractivity contribution in [3.63, 3.8) is 0 Å². The second-order valence-corrected chi connectivity index (χ2v) is 5.73. The van der Waals surface area contributed by atoms with Crippen LogP contribution in [-0.4, -0.2) is 25.7 Å². The van der Waals surface area contributed by atoms with Crippen LogP contribution in [0, 0.1) is 11.7 Å². The van der Waals surface area contributed by atoms with Crippen molar-refractivity contribution >= 4 is 21.8 Å². The number of rotatable bonds is 5. The van der Waals surface area contributed by atoms with Crippen molar-refractivity contribution in [2.75, 3.05) is 13.7 Å². The van der Waals surface area contributed by atoms with Crippen molar-refractivity contribution < 1.29 is 13.9 Å². The molecule has 1 amide bonds. The van der Waals surface area contributed by atoms with Gasteiger partial charge in [-0.1, -0.05) is 22.0 Å². The van der Waals surface area contributed by atoms with Gasteiger partial charge in [-0.3, -0.25) is 4.79 Å². The first kappa shape index (κ1) is 14.5.